The Kier molecular flexibility index (Phi) is 14.2. The number of hydrogen-bond acceptors (Lipinski definition) is 1. The second-order valence-corrected chi connectivity index (χ2v) is 1.08. The van der Waals surface area contributed by atoms with Crippen LogP contribution in [0.25, 0.3) is 0 Å². The molecule has 0 aromatic heterocycles. The van der Waals surface area contributed by atoms with Gasteiger partial charge in [-0.05, 0) is 6.42 Å². The topological polar surface area (TPSA) is 20.2 Å². The molecule has 0 rings (SSSR count). The molecule has 0 aromatic rings. The van der Waals surface area contributed by atoms with Crippen LogP contribution in [0.2, 0.25) is 0 Å². The summed E-state index contributed by atoms with van der Waals surface area (Å²) in [7, 11) is 0. The maximum absolute atomic E-state index is 8.07. The zero-order valence-electron chi connectivity index (χ0n) is 4.07. The number of aliphatic hydroxyl groups excluding tert-OH is 1. The molecule has 0 aliphatic heterocycles. The molecule has 0 aromatic carbocycles. The van der Waals surface area contributed by atoms with Crippen molar-refractivity contribution in [1.82, 2.24) is 0 Å². The first-order valence-electron chi connectivity index (χ1n) is 2.02. The summed E-state index contributed by atoms with van der Waals surface area (Å²) < 4.78 is 0. The van der Waals surface area contributed by atoms with Gasteiger partial charge in [0.1, 0.15) is 0 Å². The summed E-state index contributed by atoms with van der Waals surface area (Å²) in [6.45, 7) is 2.40. The molecule has 0 heterocycles. The van der Waals surface area contributed by atoms with Crippen LogP contribution in [0.3, 0.4) is 0 Å². The van der Waals surface area contributed by atoms with Crippen molar-refractivity contribution in [3.8, 4) is 0 Å². The van der Waals surface area contributed by atoms with Crippen LogP contribution in [0.15, 0.2) is 0 Å². The van der Waals surface area contributed by atoms with Crippen molar-refractivity contribution in [2.75, 3.05) is 6.61 Å². The highest BCUT2D eigenvalue weighted by atomic mass is 28.1. The standard InChI is InChI=1S/C4H10O.Si/c1-2-3-4-5;/h5H,2-4H2,1H3;. The molecule has 0 aliphatic rings. The molecule has 0 fully saturated rings. The van der Waals surface area contributed by atoms with Gasteiger partial charge in [0.15, 0.2) is 0 Å². The largest absolute Gasteiger partial charge is 0.396 e. The summed E-state index contributed by atoms with van der Waals surface area (Å²) in [6, 6.07) is 0. The Balaban J connectivity index is 0. The van der Waals surface area contributed by atoms with Crippen molar-refractivity contribution < 1.29 is 5.11 Å². The van der Waals surface area contributed by atoms with Gasteiger partial charge < -0.3 is 5.11 Å². The smallest absolute Gasteiger partial charge is 0.0430 e. The van der Waals surface area contributed by atoms with E-state index in [0.717, 1.165) is 12.8 Å². The lowest BCUT2D eigenvalue weighted by molar-refractivity contribution is 0.287. The zero-order valence-corrected chi connectivity index (χ0v) is 5.07. The lowest BCUT2D eigenvalue weighted by Gasteiger charge is -1.79. The van der Waals surface area contributed by atoms with Crippen LogP contribution in [0.4, 0.5) is 0 Å². The maximum Gasteiger partial charge on any atom is 0.0430 e. The van der Waals surface area contributed by atoms with E-state index in [1.807, 2.05) is 0 Å². The van der Waals surface area contributed by atoms with Gasteiger partial charge in [0, 0.05) is 17.6 Å². The van der Waals surface area contributed by atoms with Gasteiger partial charge >= 0.3 is 0 Å². The number of rotatable bonds is 2. The van der Waals surface area contributed by atoms with Crippen molar-refractivity contribution in [3.63, 3.8) is 0 Å². The van der Waals surface area contributed by atoms with Crippen molar-refractivity contribution in [3.05, 3.63) is 0 Å². The minimum absolute atomic E-state index is 0. The van der Waals surface area contributed by atoms with E-state index in [4.69, 9.17) is 5.11 Å². The molecule has 0 unspecified atom stereocenters. The lowest BCUT2D eigenvalue weighted by atomic mass is 10.4. The number of aliphatic hydroxyl groups is 1. The molecule has 0 saturated heterocycles. The first-order valence-corrected chi connectivity index (χ1v) is 2.02. The van der Waals surface area contributed by atoms with Crippen LogP contribution in [0.5, 0.6) is 0 Å². The van der Waals surface area contributed by atoms with E-state index in [1.165, 1.54) is 0 Å². The van der Waals surface area contributed by atoms with Crippen LogP contribution in [-0.4, -0.2) is 22.7 Å². The Morgan fingerprint density at radius 2 is 2.00 bits per heavy atom. The van der Waals surface area contributed by atoms with E-state index >= 15 is 0 Å². The first-order chi connectivity index (χ1) is 2.41. The molecule has 1 nitrogen and oxygen atoms in total. The average Bonchev–Trinajstić information content (AvgIpc) is 1.41. The highest BCUT2D eigenvalue weighted by Gasteiger charge is 1.69. The Labute approximate surface area is 43.4 Å². The third-order valence-electron chi connectivity index (χ3n) is 0.512. The van der Waals surface area contributed by atoms with Gasteiger partial charge in [-0.15, -0.1) is 0 Å². The fourth-order valence-corrected chi connectivity index (χ4v) is 0.158. The predicted molar refractivity (Wildman–Crippen MR) is 27.7 cm³/mol. The Hall–Kier alpha value is 0.177. The molecule has 1 N–H and O–H groups in total. The third-order valence-corrected chi connectivity index (χ3v) is 0.512. The molecule has 0 aliphatic carbocycles. The summed E-state index contributed by atoms with van der Waals surface area (Å²) in [5, 5.41) is 8.07. The van der Waals surface area contributed by atoms with Crippen molar-refractivity contribution in [2.24, 2.45) is 0 Å². The second kappa shape index (κ2) is 8.95. The Bertz CT molecular complexity index is 15.0. The SMILES string of the molecule is CCCCO.[Si]. The summed E-state index contributed by atoms with van der Waals surface area (Å²) >= 11 is 0. The van der Waals surface area contributed by atoms with E-state index in [1.54, 1.807) is 0 Å². The number of hydrogen-bond donors (Lipinski definition) is 1. The highest BCUT2D eigenvalue weighted by Crippen LogP contribution is 1.78. The van der Waals surface area contributed by atoms with Gasteiger partial charge in [-0.1, -0.05) is 13.3 Å². The first kappa shape index (κ1) is 9.49. The summed E-state index contributed by atoms with van der Waals surface area (Å²) in [4.78, 5) is 0. The van der Waals surface area contributed by atoms with Crippen LogP contribution >= 0.6 is 0 Å². The Morgan fingerprint density at radius 1 is 1.50 bits per heavy atom. The fraction of sp³-hybridized carbons (Fsp3) is 1.00. The van der Waals surface area contributed by atoms with Crippen molar-refractivity contribution in [1.29, 1.82) is 0 Å². The molecule has 2 heteroatoms. The van der Waals surface area contributed by atoms with Crippen LogP contribution < -0.4 is 0 Å². The molecular formula is C4H10OSi. The quantitative estimate of drug-likeness (QED) is 0.500. The van der Waals surface area contributed by atoms with Crippen LogP contribution in [0, 0.1) is 0 Å². The molecule has 0 saturated carbocycles. The predicted octanol–water partition coefficient (Wildman–Crippen LogP) is 0.398. The minimum Gasteiger partial charge on any atom is -0.396 e. The van der Waals surface area contributed by atoms with E-state index in [0.29, 0.717) is 6.61 Å². The van der Waals surface area contributed by atoms with Gasteiger partial charge in [-0.2, -0.15) is 0 Å². The molecule has 36 valence electrons. The molecule has 0 bridgehead atoms. The van der Waals surface area contributed by atoms with Crippen LogP contribution in [-0.2, 0) is 0 Å². The van der Waals surface area contributed by atoms with Crippen molar-refractivity contribution >= 4 is 11.0 Å². The monoisotopic (exact) mass is 102 g/mol. The maximum atomic E-state index is 8.07. The van der Waals surface area contributed by atoms with E-state index in [9.17, 15) is 0 Å². The molecule has 0 spiro atoms. The fourth-order valence-electron chi connectivity index (χ4n) is 0.158. The minimum atomic E-state index is 0. The van der Waals surface area contributed by atoms with Crippen molar-refractivity contribution in [2.45, 2.75) is 19.8 Å². The summed E-state index contributed by atoms with van der Waals surface area (Å²) in [5.41, 5.74) is 0. The lowest BCUT2D eigenvalue weighted by Crippen LogP contribution is -1.75. The van der Waals surface area contributed by atoms with Gasteiger partial charge in [0.2, 0.25) is 0 Å². The molecule has 0 atom stereocenters. The summed E-state index contributed by atoms with van der Waals surface area (Å²) in [5.74, 6) is 0. The van der Waals surface area contributed by atoms with Gasteiger partial charge in [-0.3, -0.25) is 0 Å². The molecule has 6 heavy (non-hydrogen) atoms. The third kappa shape index (κ3) is 8.90. The van der Waals surface area contributed by atoms with Gasteiger partial charge in [0.25, 0.3) is 0 Å². The van der Waals surface area contributed by atoms with E-state index in [2.05, 4.69) is 6.92 Å². The highest BCUT2D eigenvalue weighted by molar-refractivity contribution is 5.75. The van der Waals surface area contributed by atoms with Gasteiger partial charge in [0.05, 0.1) is 0 Å². The zero-order chi connectivity index (χ0) is 4.12. The summed E-state index contributed by atoms with van der Waals surface area (Å²) in [6.07, 6.45) is 2.04. The molecule has 4 radical (unpaired) electrons. The van der Waals surface area contributed by atoms with Crippen LogP contribution in [0.1, 0.15) is 19.8 Å². The average molecular weight is 102 g/mol. The van der Waals surface area contributed by atoms with E-state index < -0.39 is 0 Å². The normalized spacial score (nSPS) is 7.00. The van der Waals surface area contributed by atoms with Gasteiger partial charge in [-0.25, -0.2) is 0 Å². The number of unbranched alkanes of at least 4 members (excludes halogenated alkanes) is 1. The second-order valence-electron chi connectivity index (χ2n) is 1.08. The molecule has 0 amide bonds. The molecular weight excluding hydrogens is 92.1 g/mol. The Morgan fingerprint density at radius 3 is 2.00 bits per heavy atom. The van der Waals surface area contributed by atoms with E-state index in [-0.39, 0.29) is 11.0 Å².